The number of hydrogen-bond donors (Lipinski definition) is 0. The van der Waals surface area contributed by atoms with Gasteiger partial charge in [0.15, 0.2) is 11.6 Å². The van der Waals surface area contributed by atoms with E-state index in [-0.39, 0.29) is 11.6 Å². The first kappa shape index (κ1) is 63.0. The summed E-state index contributed by atoms with van der Waals surface area (Å²) in [7, 11) is 3.33. The van der Waals surface area contributed by atoms with Crippen LogP contribution in [-0.4, -0.2) is 25.8 Å². The zero-order valence-electron chi connectivity index (χ0n) is 52.8. The lowest BCUT2D eigenvalue weighted by Crippen LogP contribution is -2.05. The van der Waals surface area contributed by atoms with E-state index in [9.17, 15) is 9.59 Å². The number of methoxy groups -OCH3 is 2. The van der Waals surface area contributed by atoms with Crippen LogP contribution < -0.4 is 9.47 Å². The van der Waals surface area contributed by atoms with Crippen LogP contribution in [0, 0.1) is 0 Å². The molecule has 0 aliphatic heterocycles. The molecule has 0 fully saturated rings. The fourth-order valence-electron chi connectivity index (χ4n) is 12.7. The second kappa shape index (κ2) is 32.3. The number of hydrogen-bond acceptors (Lipinski definition) is 4. The van der Waals surface area contributed by atoms with Gasteiger partial charge in [0.05, 0.1) is 14.2 Å². The molecular weight excluding hydrogens is 1050 g/mol. The quantitative estimate of drug-likeness (QED) is 0.0229. The summed E-state index contributed by atoms with van der Waals surface area (Å²) in [5, 5.41) is 4.41. The van der Waals surface area contributed by atoms with Crippen molar-refractivity contribution in [3.63, 3.8) is 0 Å². The van der Waals surface area contributed by atoms with E-state index in [4.69, 9.17) is 9.47 Å². The van der Waals surface area contributed by atoms with Crippen molar-refractivity contribution in [1.82, 2.24) is 0 Å². The monoisotopic (exact) mass is 1140 g/mol. The highest BCUT2D eigenvalue weighted by molar-refractivity contribution is 6.23. The Kier molecular flexibility index (Phi) is 23.6. The molecule has 86 heavy (non-hydrogen) atoms. The van der Waals surface area contributed by atoms with E-state index in [0.717, 1.165) is 130 Å². The van der Waals surface area contributed by atoms with E-state index in [1.807, 2.05) is 48.5 Å². The Balaban J connectivity index is 1.14. The molecule has 446 valence electrons. The van der Waals surface area contributed by atoms with E-state index in [1.54, 1.807) is 14.2 Å². The van der Waals surface area contributed by atoms with Crippen LogP contribution in [0.5, 0.6) is 11.5 Å². The lowest BCUT2D eigenvalue weighted by atomic mass is 9.82. The topological polar surface area (TPSA) is 52.6 Å². The fourth-order valence-corrected chi connectivity index (χ4v) is 12.7. The maximum atomic E-state index is 14.9. The molecule has 4 nitrogen and oxygen atoms in total. The predicted octanol–water partition coefficient (Wildman–Crippen LogP) is 23.2. The van der Waals surface area contributed by atoms with Crippen molar-refractivity contribution in [2.75, 3.05) is 14.2 Å². The molecule has 0 radical (unpaired) electrons. The maximum Gasteiger partial charge on any atom is 0.193 e. The van der Waals surface area contributed by atoms with Crippen molar-refractivity contribution in [2.45, 2.75) is 182 Å². The molecule has 0 saturated carbocycles. The second-order valence-corrected chi connectivity index (χ2v) is 24.2. The molecule has 0 amide bonds. The second-order valence-electron chi connectivity index (χ2n) is 24.2. The Morgan fingerprint density at radius 1 is 0.291 bits per heavy atom. The Labute approximate surface area is 515 Å². The summed E-state index contributed by atoms with van der Waals surface area (Å²) >= 11 is 0. The standard InChI is InChI=1S/C82H94O4/c1-7-11-15-17-19-21-23-25-29-61-35-43-65(44-36-61)81(83)77-57-69(85-5)49-53-71(77)67-47-51-73-75(55-67)79(63-39-31-59(32-40-63)27-13-9-3)74-52-48-68(56-76(74)80(73)64-41-33-60(34-42-64)28-14-10-4)72-54-50-70(86-6)58-78(72)82(84)66-45-37-62(38-46-66)30-26-24-22-20-18-16-12-8-2/h31-58H,7-30H2,1-6H3. The highest BCUT2D eigenvalue weighted by atomic mass is 16.5. The number of aryl methyl sites for hydroxylation is 4. The number of ketones is 2. The fraction of sp³-hybridized carbons (Fsp3) is 0.366. The number of fused-ring (bicyclic) bond motifs is 2. The number of benzene rings is 9. The molecule has 0 aliphatic carbocycles. The Hall–Kier alpha value is -7.56. The molecule has 0 N–H and O–H groups in total. The molecule has 0 saturated heterocycles. The first-order chi connectivity index (χ1) is 42.2. The molecular formula is C82H94O4. The molecule has 4 heteroatoms. The average molecular weight is 1140 g/mol. The highest BCUT2D eigenvalue weighted by Crippen LogP contribution is 2.47. The number of carbonyl (C=O) groups is 2. The van der Waals surface area contributed by atoms with Crippen molar-refractivity contribution in [2.24, 2.45) is 0 Å². The van der Waals surface area contributed by atoms with Crippen molar-refractivity contribution in [3.05, 3.63) is 214 Å². The van der Waals surface area contributed by atoms with Crippen LogP contribution in [0.25, 0.3) is 66.1 Å². The average Bonchev–Trinajstić information content (AvgIpc) is 0.791. The van der Waals surface area contributed by atoms with Crippen LogP contribution >= 0.6 is 0 Å². The van der Waals surface area contributed by atoms with E-state index >= 15 is 0 Å². The lowest BCUT2D eigenvalue weighted by molar-refractivity contribution is 0.103. The van der Waals surface area contributed by atoms with Gasteiger partial charge in [-0.05, 0) is 188 Å². The van der Waals surface area contributed by atoms with Gasteiger partial charge in [-0.3, -0.25) is 9.59 Å². The summed E-state index contributed by atoms with van der Waals surface area (Å²) in [4.78, 5) is 29.9. The number of carbonyl (C=O) groups excluding carboxylic acids is 2. The lowest BCUT2D eigenvalue weighted by Gasteiger charge is -2.21. The Morgan fingerprint density at radius 3 is 0.930 bits per heavy atom. The first-order valence-electron chi connectivity index (χ1n) is 33.1. The molecule has 0 bridgehead atoms. The van der Waals surface area contributed by atoms with Gasteiger partial charge in [0, 0.05) is 22.3 Å². The first-order valence-corrected chi connectivity index (χ1v) is 33.1. The zero-order valence-corrected chi connectivity index (χ0v) is 52.8. The van der Waals surface area contributed by atoms with Crippen molar-refractivity contribution >= 4 is 33.1 Å². The highest BCUT2D eigenvalue weighted by Gasteiger charge is 2.23. The van der Waals surface area contributed by atoms with Crippen LogP contribution in [0.15, 0.2) is 170 Å². The van der Waals surface area contributed by atoms with Gasteiger partial charge in [0.1, 0.15) is 11.5 Å². The summed E-state index contributed by atoms with van der Waals surface area (Å²) in [5.41, 5.74) is 15.8. The van der Waals surface area contributed by atoms with E-state index in [1.165, 1.54) is 112 Å². The third kappa shape index (κ3) is 16.1. The summed E-state index contributed by atoms with van der Waals surface area (Å²) in [6.45, 7) is 9.03. The molecule has 9 aromatic carbocycles. The van der Waals surface area contributed by atoms with Crippen molar-refractivity contribution < 1.29 is 19.1 Å². The number of unbranched alkanes of at least 4 members (excludes halogenated alkanes) is 16. The number of ether oxygens (including phenoxy) is 2. The van der Waals surface area contributed by atoms with Gasteiger partial charge in [-0.2, -0.15) is 0 Å². The summed E-state index contributed by atoms with van der Waals surface area (Å²) < 4.78 is 11.6. The van der Waals surface area contributed by atoms with Gasteiger partial charge in [-0.15, -0.1) is 0 Å². The van der Waals surface area contributed by atoms with E-state index in [2.05, 4.69) is 149 Å². The Bertz CT molecular complexity index is 3380. The maximum absolute atomic E-state index is 14.9. The SMILES string of the molecule is CCCCCCCCCCc1ccc(C(=O)c2cc(OC)ccc2-c2ccc3c(-c4ccc(CCCC)cc4)c4cc(-c5ccc(OC)cc5C(=O)c5ccc(CCCCCCCCCC)cc5)ccc4c(-c4ccc(CCCC)cc4)c3c2)cc1. The summed E-state index contributed by atoms with van der Waals surface area (Å²) in [5.74, 6) is 1.22. The summed E-state index contributed by atoms with van der Waals surface area (Å²) in [6, 6.07) is 60.4. The molecule has 0 aliphatic rings. The van der Waals surface area contributed by atoms with Gasteiger partial charge in [0.25, 0.3) is 0 Å². The van der Waals surface area contributed by atoms with Gasteiger partial charge < -0.3 is 9.47 Å². The van der Waals surface area contributed by atoms with Gasteiger partial charge in [0.2, 0.25) is 0 Å². The minimum absolute atomic E-state index is 0.0297. The molecule has 9 rings (SSSR count). The van der Waals surface area contributed by atoms with Crippen LogP contribution in [0.4, 0.5) is 0 Å². The molecule has 0 unspecified atom stereocenters. The van der Waals surface area contributed by atoms with Crippen molar-refractivity contribution in [3.8, 4) is 56.0 Å². The molecule has 0 aromatic heterocycles. The van der Waals surface area contributed by atoms with Crippen LogP contribution in [0.2, 0.25) is 0 Å². The van der Waals surface area contributed by atoms with Crippen molar-refractivity contribution in [1.29, 1.82) is 0 Å². The minimum Gasteiger partial charge on any atom is -0.497 e. The van der Waals surface area contributed by atoms with E-state index in [0.29, 0.717) is 33.8 Å². The van der Waals surface area contributed by atoms with Crippen LogP contribution in [-0.2, 0) is 25.7 Å². The smallest absolute Gasteiger partial charge is 0.193 e. The van der Waals surface area contributed by atoms with Gasteiger partial charge in [-0.1, -0.05) is 252 Å². The molecule has 0 spiro atoms. The van der Waals surface area contributed by atoms with Gasteiger partial charge in [-0.25, -0.2) is 0 Å². The number of rotatable bonds is 34. The molecule has 0 heterocycles. The zero-order chi connectivity index (χ0) is 60.0. The molecule has 0 atom stereocenters. The third-order valence-electron chi connectivity index (χ3n) is 17.9. The van der Waals surface area contributed by atoms with E-state index < -0.39 is 0 Å². The summed E-state index contributed by atoms with van der Waals surface area (Å²) in [6.07, 6.45) is 29.3. The normalized spacial score (nSPS) is 11.4. The largest absolute Gasteiger partial charge is 0.497 e. The minimum atomic E-state index is -0.0297. The van der Waals surface area contributed by atoms with Crippen LogP contribution in [0.1, 0.15) is 210 Å². The van der Waals surface area contributed by atoms with Crippen LogP contribution in [0.3, 0.4) is 0 Å². The third-order valence-corrected chi connectivity index (χ3v) is 17.9. The predicted molar refractivity (Wildman–Crippen MR) is 366 cm³/mol. The molecule has 9 aromatic rings. The Morgan fingerprint density at radius 2 is 0.593 bits per heavy atom. The van der Waals surface area contributed by atoms with Gasteiger partial charge >= 0.3 is 0 Å².